The van der Waals surface area contributed by atoms with Crippen LogP contribution in [0.15, 0.2) is 60.7 Å². The standard InChI is InChI=1S/C24H22FN7O/c1-16-14-22(30-31(16)18-6-3-2-4-7-18)24(33)28-13-5-8-21-20(15-26)23(27)32(29-21)19-11-9-17(25)10-12-19/h2-4,6-7,9-12,14H,5,8,13,27H2,1H3,(H,28,33). The minimum Gasteiger partial charge on any atom is -0.382 e. The number of hydrogen-bond donors (Lipinski definition) is 2. The summed E-state index contributed by atoms with van der Waals surface area (Å²) in [6.45, 7) is 2.27. The van der Waals surface area contributed by atoms with Crippen LogP contribution in [0.25, 0.3) is 11.4 Å². The van der Waals surface area contributed by atoms with Gasteiger partial charge in [0, 0.05) is 12.2 Å². The summed E-state index contributed by atoms with van der Waals surface area (Å²) in [5.74, 6) is -0.445. The van der Waals surface area contributed by atoms with Crippen LogP contribution in [0.2, 0.25) is 0 Å². The lowest BCUT2D eigenvalue weighted by molar-refractivity contribution is 0.0947. The average molecular weight is 443 g/mol. The van der Waals surface area contributed by atoms with E-state index in [-0.39, 0.29) is 23.1 Å². The monoisotopic (exact) mass is 443 g/mol. The number of rotatable bonds is 7. The third-order valence-corrected chi connectivity index (χ3v) is 5.17. The van der Waals surface area contributed by atoms with Crippen molar-refractivity contribution in [3.63, 3.8) is 0 Å². The topological polar surface area (TPSA) is 115 Å². The second-order valence-corrected chi connectivity index (χ2v) is 7.48. The number of anilines is 1. The van der Waals surface area contributed by atoms with Gasteiger partial charge in [-0.1, -0.05) is 18.2 Å². The van der Waals surface area contributed by atoms with E-state index >= 15 is 0 Å². The van der Waals surface area contributed by atoms with Crippen LogP contribution in [0.1, 0.15) is 33.9 Å². The molecule has 3 N–H and O–H groups in total. The molecular formula is C24H22FN7O. The van der Waals surface area contributed by atoms with Crippen molar-refractivity contribution in [3.8, 4) is 17.4 Å². The molecule has 0 unspecified atom stereocenters. The molecule has 0 aliphatic carbocycles. The molecule has 0 radical (unpaired) electrons. The zero-order valence-electron chi connectivity index (χ0n) is 18.0. The van der Waals surface area contributed by atoms with E-state index in [4.69, 9.17) is 5.73 Å². The van der Waals surface area contributed by atoms with E-state index < -0.39 is 0 Å². The first-order valence-corrected chi connectivity index (χ1v) is 10.4. The highest BCUT2D eigenvalue weighted by atomic mass is 19.1. The van der Waals surface area contributed by atoms with Crippen molar-refractivity contribution in [2.75, 3.05) is 12.3 Å². The number of nitrogen functional groups attached to an aromatic ring is 1. The Balaban J connectivity index is 1.38. The van der Waals surface area contributed by atoms with Gasteiger partial charge in [0.15, 0.2) is 5.69 Å². The van der Waals surface area contributed by atoms with E-state index in [9.17, 15) is 14.4 Å². The van der Waals surface area contributed by atoms with Crippen molar-refractivity contribution in [3.05, 3.63) is 89.1 Å². The third-order valence-electron chi connectivity index (χ3n) is 5.17. The Hall–Kier alpha value is -4.45. The molecule has 0 atom stereocenters. The van der Waals surface area contributed by atoms with Gasteiger partial charge in [-0.25, -0.2) is 13.8 Å². The number of carbonyl (C=O) groups is 1. The number of nitriles is 1. The maximum absolute atomic E-state index is 13.2. The average Bonchev–Trinajstić information content (AvgIpc) is 3.37. The van der Waals surface area contributed by atoms with Crippen molar-refractivity contribution < 1.29 is 9.18 Å². The van der Waals surface area contributed by atoms with Gasteiger partial charge in [-0.2, -0.15) is 15.5 Å². The summed E-state index contributed by atoms with van der Waals surface area (Å²) in [7, 11) is 0. The Kier molecular flexibility index (Phi) is 6.17. The number of nitrogens with one attached hydrogen (secondary N) is 1. The van der Waals surface area contributed by atoms with Crippen LogP contribution in [0, 0.1) is 24.1 Å². The van der Waals surface area contributed by atoms with E-state index in [0.717, 1.165) is 11.4 Å². The minimum atomic E-state index is -0.371. The number of amides is 1. The van der Waals surface area contributed by atoms with Gasteiger partial charge in [-0.3, -0.25) is 4.79 Å². The number of aryl methyl sites for hydroxylation is 2. The summed E-state index contributed by atoms with van der Waals surface area (Å²) < 4.78 is 16.3. The number of benzene rings is 2. The summed E-state index contributed by atoms with van der Waals surface area (Å²) in [5.41, 5.74) is 9.52. The summed E-state index contributed by atoms with van der Waals surface area (Å²) in [6, 6.07) is 19.1. The van der Waals surface area contributed by atoms with Crippen molar-refractivity contribution in [1.82, 2.24) is 24.9 Å². The van der Waals surface area contributed by atoms with Crippen molar-refractivity contribution >= 4 is 11.7 Å². The molecule has 4 rings (SSSR count). The van der Waals surface area contributed by atoms with E-state index in [1.807, 2.05) is 37.3 Å². The SMILES string of the molecule is Cc1cc(C(=O)NCCCc2nn(-c3ccc(F)cc3)c(N)c2C#N)nn1-c1ccccc1. The molecule has 2 aromatic heterocycles. The summed E-state index contributed by atoms with van der Waals surface area (Å²) in [5, 5.41) is 21.2. The normalized spacial score (nSPS) is 10.7. The lowest BCUT2D eigenvalue weighted by Crippen LogP contribution is -2.25. The Morgan fingerprint density at radius 3 is 2.48 bits per heavy atom. The van der Waals surface area contributed by atoms with Crippen LogP contribution in [-0.2, 0) is 6.42 Å². The number of para-hydroxylation sites is 1. The minimum absolute atomic E-state index is 0.199. The van der Waals surface area contributed by atoms with Gasteiger partial charge in [0.2, 0.25) is 0 Å². The van der Waals surface area contributed by atoms with Gasteiger partial charge >= 0.3 is 0 Å². The highest BCUT2D eigenvalue weighted by molar-refractivity contribution is 5.92. The highest BCUT2D eigenvalue weighted by Crippen LogP contribution is 2.21. The van der Waals surface area contributed by atoms with Crippen LogP contribution >= 0.6 is 0 Å². The zero-order chi connectivity index (χ0) is 23.4. The largest absolute Gasteiger partial charge is 0.382 e. The van der Waals surface area contributed by atoms with Crippen LogP contribution in [0.4, 0.5) is 10.2 Å². The first-order valence-electron chi connectivity index (χ1n) is 10.4. The molecule has 9 heteroatoms. The number of nitrogens with two attached hydrogens (primary N) is 1. The fourth-order valence-corrected chi connectivity index (χ4v) is 3.52. The number of nitrogens with zero attached hydrogens (tertiary/aromatic N) is 5. The van der Waals surface area contributed by atoms with E-state index in [2.05, 4.69) is 21.6 Å². The lowest BCUT2D eigenvalue weighted by Gasteiger charge is -2.04. The molecule has 0 spiro atoms. The zero-order valence-corrected chi connectivity index (χ0v) is 18.0. The van der Waals surface area contributed by atoms with Gasteiger partial charge in [0.1, 0.15) is 23.3 Å². The number of carbonyl (C=O) groups excluding carboxylic acids is 1. The Morgan fingerprint density at radius 1 is 1.09 bits per heavy atom. The fourth-order valence-electron chi connectivity index (χ4n) is 3.52. The maximum atomic E-state index is 13.2. The van der Waals surface area contributed by atoms with Crippen molar-refractivity contribution in [2.24, 2.45) is 0 Å². The predicted octanol–water partition coefficient (Wildman–Crippen LogP) is 3.32. The molecular weight excluding hydrogens is 421 g/mol. The van der Waals surface area contributed by atoms with Gasteiger partial charge in [0.25, 0.3) is 5.91 Å². The van der Waals surface area contributed by atoms with Crippen molar-refractivity contribution in [2.45, 2.75) is 19.8 Å². The second-order valence-electron chi connectivity index (χ2n) is 7.48. The van der Waals surface area contributed by atoms with Crippen LogP contribution in [-0.4, -0.2) is 32.0 Å². The molecule has 0 fully saturated rings. The molecule has 0 saturated carbocycles. The fraction of sp³-hybridized carbons (Fsp3) is 0.167. The second kappa shape index (κ2) is 9.36. The molecule has 2 aromatic carbocycles. The summed E-state index contributed by atoms with van der Waals surface area (Å²) in [4.78, 5) is 12.5. The highest BCUT2D eigenvalue weighted by Gasteiger charge is 2.17. The quantitative estimate of drug-likeness (QED) is 0.425. The predicted molar refractivity (Wildman–Crippen MR) is 122 cm³/mol. The number of aromatic nitrogens is 4. The number of halogens is 1. The molecule has 0 aliphatic heterocycles. The van der Waals surface area contributed by atoms with Gasteiger partial charge in [-0.15, -0.1) is 0 Å². The molecule has 8 nitrogen and oxygen atoms in total. The molecule has 2 heterocycles. The van der Waals surface area contributed by atoms with E-state index in [1.165, 1.54) is 16.8 Å². The molecule has 166 valence electrons. The van der Waals surface area contributed by atoms with Gasteiger partial charge in [-0.05, 0) is 62.2 Å². The Labute approximate surface area is 190 Å². The van der Waals surface area contributed by atoms with E-state index in [0.29, 0.717) is 36.5 Å². The Morgan fingerprint density at radius 2 is 1.79 bits per heavy atom. The van der Waals surface area contributed by atoms with Crippen LogP contribution in [0.5, 0.6) is 0 Å². The molecule has 0 aliphatic rings. The first-order chi connectivity index (χ1) is 16.0. The Bertz CT molecular complexity index is 1320. The molecule has 0 bridgehead atoms. The molecule has 0 saturated heterocycles. The van der Waals surface area contributed by atoms with Crippen LogP contribution in [0.3, 0.4) is 0 Å². The van der Waals surface area contributed by atoms with Gasteiger partial charge in [0.05, 0.1) is 17.1 Å². The van der Waals surface area contributed by atoms with Crippen molar-refractivity contribution in [1.29, 1.82) is 5.26 Å². The summed E-state index contributed by atoms with van der Waals surface area (Å²) >= 11 is 0. The van der Waals surface area contributed by atoms with Gasteiger partial charge < -0.3 is 11.1 Å². The smallest absolute Gasteiger partial charge is 0.271 e. The first kappa shape index (κ1) is 21.8. The van der Waals surface area contributed by atoms with Crippen LogP contribution < -0.4 is 11.1 Å². The number of hydrogen-bond acceptors (Lipinski definition) is 5. The molecule has 4 aromatic rings. The summed E-state index contributed by atoms with van der Waals surface area (Å²) in [6.07, 6.45) is 0.998. The lowest BCUT2D eigenvalue weighted by atomic mass is 10.1. The molecule has 33 heavy (non-hydrogen) atoms. The van der Waals surface area contributed by atoms with E-state index in [1.54, 1.807) is 22.9 Å². The molecule has 1 amide bonds. The third kappa shape index (κ3) is 4.60. The maximum Gasteiger partial charge on any atom is 0.271 e.